The molecule has 18 heavy (non-hydrogen) atoms. The Bertz CT molecular complexity index is 520. The lowest BCUT2D eigenvalue weighted by Gasteiger charge is -2.06. The van der Waals surface area contributed by atoms with Crippen molar-refractivity contribution in [3.05, 3.63) is 24.0 Å². The Labute approximate surface area is 106 Å². The molecule has 0 aromatic carbocycles. The van der Waals surface area contributed by atoms with E-state index in [1.54, 1.807) is 6.20 Å². The van der Waals surface area contributed by atoms with Gasteiger partial charge in [-0.2, -0.15) is 15.0 Å². The van der Waals surface area contributed by atoms with Gasteiger partial charge in [-0.1, -0.05) is 6.92 Å². The summed E-state index contributed by atoms with van der Waals surface area (Å²) in [7, 11) is 1.94. The molecule has 2 aromatic heterocycles. The molecule has 3 N–H and O–H groups in total. The molecule has 7 nitrogen and oxygen atoms in total. The summed E-state index contributed by atoms with van der Waals surface area (Å²) in [6, 6.07) is 0. The maximum atomic E-state index is 5.65. The van der Waals surface area contributed by atoms with Gasteiger partial charge in [0.25, 0.3) is 0 Å². The Kier molecular flexibility index (Phi) is 3.71. The molecule has 0 amide bonds. The first-order valence-corrected chi connectivity index (χ1v) is 5.89. The van der Waals surface area contributed by atoms with Crippen molar-refractivity contribution in [3.8, 4) is 0 Å². The highest BCUT2D eigenvalue weighted by Gasteiger charge is 2.05. The van der Waals surface area contributed by atoms with E-state index >= 15 is 0 Å². The van der Waals surface area contributed by atoms with Gasteiger partial charge in [-0.3, -0.25) is 0 Å². The monoisotopic (exact) mass is 247 g/mol. The summed E-state index contributed by atoms with van der Waals surface area (Å²) in [5.41, 5.74) is 5.65. The molecule has 0 aliphatic rings. The van der Waals surface area contributed by atoms with E-state index in [4.69, 9.17) is 5.73 Å². The summed E-state index contributed by atoms with van der Waals surface area (Å²) < 4.78 is 1.94. The van der Waals surface area contributed by atoms with Crippen LogP contribution in [0.4, 0.5) is 11.9 Å². The van der Waals surface area contributed by atoms with Crippen LogP contribution in [0.3, 0.4) is 0 Å². The molecule has 0 radical (unpaired) electrons. The molecule has 0 fully saturated rings. The minimum absolute atomic E-state index is 0.246. The van der Waals surface area contributed by atoms with Gasteiger partial charge in [0.2, 0.25) is 11.9 Å². The highest BCUT2D eigenvalue weighted by atomic mass is 15.2. The van der Waals surface area contributed by atoms with E-state index < -0.39 is 0 Å². The zero-order chi connectivity index (χ0) is 13.0. The zero-order valence-electron chi connectivity index (χ0n) is 10.6. The summed E-state index contributed by atoms with van der Waals surface area (Å²) in [4.78, 5) is 16.6. The first-order chi connectivity index (χ1) is 8.69. The van der Waals surface area contributed by atoms with Crippen molar-refractivity contribution in [1.82, 2.24) is 24.5 Å². The van der Waals surface area contributed by atoms with E-state index in [1.165, 1.54) is 0 Å². The van der Waals surface area contributed by atoms with E-state index in [1.807, 2.05) is 17.8 Å². The second-order valence-corrected chi connectivity index (χ2v) is 3.99. The van der Waals surface area contributed by atoms with Gasteiger partial charge in [0.15, 0.2) is 0 Å². The van der Waals surface area contributed by atoms with Crippen LogP contribution in [0, 0.1) is 0 Å². The van der Waals surface area contributed by atoms with E-state index in [-0.39, 0.29) is 5.95 Å². The van der Waals surface area contributed by atoms with Crippen LogP contribution in [0.25, 0.3) is 0 Å². The molecular formula is C11H17N7. The van der Waals surface area contributed by atoms with Crippen molar-refractivity contribution in [2.24, 2.45) is 7.05 Å². The average Bonchev–Trinajstić information content (AvgIpc) is 2.72. The lowest BCUT2D eigenvalue weighted by Crippen LogP contribution is -2.11. The van der Waals surface area contributed by atoms with Crippen molar-refractivity contribution < 1.29 is 0 Å². The smallest absolute Gasteiger partial charge is 0.228 e. The average molecular weight is 247 g/mol. The first kappa shape index (κ1) is 12.3. The minimum Gasteiger partial charge on any atom is -0.368 e. The van der Waals surface area contributed by atoms with Crippen molar-refractivity contribution in [2.75, 3.05) is 11.1 Å². The number of imidazole rings is 1. The fourth-order valence-corrected chi connectivity index (χ4v) is 1.58. The lowest BCUT2D eigenvalue weighted by atomic mass is 10.3. The van der Waals surface area contributed by atoms with Crippen LogP contribution in [0.2, 0.25) is 0 Å². The second-order valence-electron chi connectivity index (χ2n) is 3.99. The van der Waals surface area contributed by atoms with Gasteiger partial charge in [0, 0.05) is 25.9 Å². The Balaban J connectivity index is 2.07. The molecule has 2 rings (SSSR count). The molecule has 0 spiro atoms. The topological polar surface area (TPSA) is 94.5 Å². The van der Waals surface area contributed by atoms with Crippen LogP contribution < -0.4 is 11.1 Å². The number of hydrogen-bond acceptors (Lipinski definition) is 6. The van der Waals surface area contributed by atoms with Crippen LogP contribution in [0.5, 0.6) is 0 Å². The quantitative estimate of drug-likeness (QED) is 0.809. The van der Waals surface area contributed by atoms with Gasteiger partial charge in [0.1, 0.15) is 11.6 Å². The number of nitrogen functional groups attached to an aromatic ring is 1. The van der Waals surface area contributed by atoms with Crippen molar-refractivity contribution in [1.29, 1.82) is 0 Å². The Morgan fingerprint density at radius 3 is 2.83 bits per heavy atom. The zero-order valence-corrected chi connectivity index (χ0v) is 10.6. The van der Waals surface area contributed by atoms with Gasteiger partial charge in [-0.15, -0.1) is 0 Å². The van der Waals surface area contributed by atoms with Crippen molar-refractivity contribution >= 4 is 11.9 Å². The fraction of sp³-hybridized carbons (Fsp3) is 0.455. The second kappa shape index (κ2) is 5.44. The van der Waals surface area contributed by atoms with Gasteiger partial charge >= 0.3 is 0 Å². The largest absolute Gasteiger partial charge is 0.368 e. The molecule has 0 aliphatic carbocycles. The molecule has 0 saturated carbocycles. The molecule has 7 heteroatoms. The molecule has 96 valence electrons. The van der Waals surface area contributed by atoms with E-state index in [0.29, 0.717) is 18.3 Å². The summed E-state index contributed by atoms with van der Waals surface area (Å²) in [5, 5.41) is 3.10. The third kappa shape index (κ3) is 2.93. The summed E-state index contributed by atoms with van der Waals surface area (Å²) in [6.45, 7) is 2.62. The van der Waals surface area contributed by atoms with Gasteiger partial charge in [-0.05, 0) is 6.42 Å². The molecule has 0 unspecified atom stereocenters. The Morgan fingerprint density at radius 1 is 1.33 bits per heavy atom. The van der Waals surface area contributed by atoms with E-state index in [2.05, 4.69) is 32.2 Å². The van der Waals surface area contributed by atoms with Gasteiger partial charge < -0.3 is 15.6 Å². The number of rotatable bonds is 5. The van der Waals surface area contributed by atoms with Crippen LogP contribution in [-0.4, -0.2) is 24.5 Å². The fourth-order valence-electron chi connectivity index (χ4n) is 1.58. The molecular weight excluding hydrogens is 230 g/mol. The third-order valence-electron chi connectivity index (χ3n) is 2.50. The predicted octanol–water partition coefficient (Wildman–Crippen LogP) is 0.752. The normalized spacial score (nSPS) is 10.6. The number of nitrogens with two attached hydrogens (primary N) is 1. The highest BCUT2D eigenvalue weighted by Crippen LogP contribution is 2.06. The maximum Gasteiger partial charge on any atom is 0.228 e. The summed E-state index contributed by atoms with van der Waals surface area (Å²) in [6.07, 6.45) is 5.41. The van der Waals surface area contributed by atoms with Gasteiger partial charge in [0.05, 0.1) is 6.54 Å². The van der Waals surface area contributed by atoms with E-state index in [0.717, 1.165) is 18.7 Å². The molecule has 2 aromatic rings. The molecule has 0 atom stereocenters. The number of aromatic nitrogens is 5. The first-order valence-electron chi connectivity index (χ1n) is 5.89. The number of aryl methyl sites for hydroxylation is 2. The molecule has 0 aliphatic heterocycles. The van der Waals surface area contributed by atoms with E-state index in [9.17, 15) is 0 Å². The Morgan fingerprint density at radius 2 is 2.17 bits per heavy atom. The Hall–Kier alpha value is -2.18. The number of hydrogen-bond donors (Lipinski definition) is 2. The highest BCUT2D eigenvalue weighted by molar-refractivity contribution is 5.31. The number of nitrogens with one attached hydrogen (secondary N) is 1. The lowest BCUT2D eigenvalue weighted by molar-refractivity contribution is 0.793. The summed E-state index contributed by atoms with van der Waals surface area (Å²) in [5.74, 6) is 2.36. The molecule has 0 saturated heterocycles. The number of nitrogens with zero attached hydrogens (tertiary/aromatic N) is 5. The predicted molar refractivity (Wildman–Crippen MR) is 68.8 cm³/mol. The minimum atomic E-state index is 0.246. The summed E-state index contributed by atoms with van der Waals surface area (Å²) >= 11 is 0. The van der Waals surface area contributed by atoms with Crippen LogP contribution in [0.1, 0.15) is 25.0 Å². The standard InChI is InChI=1S/C11H17N7/c1-3-4-8-15-10(12)17-11(16-8)14-7-9-13-5-6-18(9)2/h5-6H,3-4,7H2,1-2H3,(H3,12,14,15,16,17). The van der Waals surface area contributed by atoms with Crippen LogP contribution in [-0.2, 0) is 20.0 Å². The van der Waals surface area contributed by atoms with Crippen molar-refractivity contribution in [3.63, 3.8) is 0 Å². The molecule has 0 bridgehead atoms. The van der Waals surface area contributed by atoms with Crippen LogP contribution >= 0.6 is 0 Å². The van der Waals surface area contributed by atoms with Crippen molar-refractivity contribution in [2.45, 2.75) is 26.3 Å². The van der Waals surface area contributed by atoms with Crippen LogP contribution in [0.15, 0.2) is 12.4 Å². The van der Waals surface area contributed by atoms with Gasteiger partial charge in [-0.25, -0.2) is 4.98 Å². The number of anilines is 2. The SMILES string of the molecule is CCCc1nc(N)nc(NCc2nccn2C)n1. The third-order valence-corrected chi connectivity index (χ3v) is 2.50. The molecule has 2 heterocycles. The maximum absolute atomic E-state index is 5.65.